The summed E-state index contributed by atoms with van der Waals surface area (Å²) in [5.74, 6) is 0.921. The van der Waals surface area contributed by atoms with Crippen molar-refractivity contribution < 1.29 is 4.74 Å². The molecule has 0 saturated carbocycles. The molecule has 1 aliphatic rings. The summed E-state index contributed by atoms with van der Waals surface area (Å²) in [6.07, 6.45) is 4.49. The lowest BCUT2D eigenvalue weighted by molar-refractivity contribution is 0.200. The van der Waals surface area contributed by atoms with Gasteiger partial charge in [0.15, 0.2) is 0 Å². The van der Waals surface area contributed by atoms with Crippen molar-refractivity contribution in [3.63, 3.8) is 0 Å². The molecule has 1 saturated heterocycles. The van der Waals surface area contributed by atoms with Crippen LogP contribution in [0.2, 0.25) is 0 Å². The number of anilines is 1. The van der Waals surface area contributed by atoms with Crippen LogP contribution in [0.15, 0.2) is 60.2 Å². The summed E-state index contributed by atoms with van der Waals surface area (Å²) >= 11 is 0. The predicted octanol–water partition coefficient (Wildman–Crippen LogP) is 4.68. The lowest BCUT2D eigenvalue weighted by Crippen LogP contribution is -2.34. The number of piperidine rings is 1. The summed E-state index contributed by atoms with van der Waals surface area (Å²) in [6.45, 7) is 5.81. The molecule has 0 bridgehead atoms. The minimum absolute atomic E-state index is 0.696. The fourth-order valence-corrected chi connectivity index (χ4v) is 3.73. The third-order valence-electron chi connectivity index (χ3n) is 5.28. The maximum atomic E-state index is 6.09. The molecule has 0 unspecified atom stereocenters. The number of nitrogens with two attached hydrogens (primary N) is 1. The average Bonchev–Trinajstić information content (AvgIpc) is 2.69. The van der Waals surface area contributed by atoms with E-state index in [4.69, 9.17) is 10.5 Å². The Kier molecular flexibility index (Phi) is 5.58. The number of hydrogen-bond acceptors (Lipinski definition) is 4. The van der Waals surface area contributed by atoms with E-state index in [2.05, 4.69) is 28.1 Å². The molecule has 1 fully saturated rings. The Morgan fingerprint density at radius 2 is 1.89 bits per heavy atom. The highest BCUT2D eigenvalue weighted by Crippen LogP contribution is 2.25. The third-order valence-corrected chi connectivity index (χ3v) is 5.28. The number of nitrogens with zero attached hydrogens (tertiary/aromatic N) is 2. The molecular weight excluding hydrogens is 346 g/mol. The number of aromatic nitrogens is 1. The van der Waals surface area contributed by atoms with Gasteiger partial charge in [-0.2, -0.15) is 0 Å². The molecule has 2 aromatic carbocycles. The molecule has 1 aliphatic heterocycles. The van der Waals surface area contributed by atoms with Crippen LogP contribution in [0.5, 0.6) is 5.75 Å². The van der Waals surface area contributed by atoms with Gasteiger partial charge >= 0.3 is 0 Å². The van der Waals surface area contributed by atoms with Crippen molar-refractivity contribution in [2.45, 2.75) is 19.8 Å². The monoisotopic (exact) mass is 373 g/mol. The van der Waals surface area contributed by atoms with E-state index in [0.29, 0.717) is 6.61 Å². The van der Waals surface area contributed by atoms with E-state index in [1.165, 1.54) is 11.1 Å². The maximum absolute atomic E-state index is 6.09. The molecule has 3 aromatic rings. The first-order valence-corrected chi connectivity index (χ1v) is 9.94. The van der Waals surface area contributed by atoms with Crippen LogP contribution in [0.3, 0.4) is 0 Å². The molecule has 1 aromatic heterocycles. The number of aryl methyl sites for hydroxylation is 1. The van der Waals surface area contributed by atoms with Crippen LogP contribution in [-0.2, 0) is 0 Å². The smallest absolute Gasteiger partial charge is 0.128 e. The molecule has 0 radical (unpaired) electrons. The number of likely N-dealkylation sites (tertiary alicyclic amines) is 1. The van der Waals surface area contributed by atoms with Gasteiger partial charge in [-0.1, -0.05) is 29.8 Å². The minimum atomic E-state index is 0.696. The average molecular weight is 374 g/mol. The van der Waals surface area contributed by atoms with Crippen molar-refractivity contribution in [3.05, 3.63) is 71.4 Å². The Morgan fingerprint density at radius 1 is 1.07 bits per heavy atom. The molecule has 2 heterocycles. The Hall–Kier alpha value is -2.85. The second kappa shape index (κ2) is 8.44. The standard InChI is InChI=1S/C24H27N3O/c1-18-8-9-22-23(26-18)6-3-7-24(22)28-15-14-27-12-10-19(11-13-27)16-20-4-2-5-21(25)17-20/h2-9,16-17H,10-15,25H2,1H3. The van der Waals surface area contributed by atoms with E-state index < -0.39 is 0 Å². The van der Waals surface area contributed by atoms with Crippen molar-refractivity contribution in [1.82, 2.24) is 9.88 Å². The zero-order chi connectivity index (χ0) is 19.3. The van der Waals surface area contributed by atoms with Gasteiger partial charge in [-0.3, -0.25) is 9.88 Å². The number of fused-ring (bicyclic) bond motifs is 1. The highest BCUT2D eigenvalue weighted by molar-refractivity contribution is 5.85. The van der Waals surface area contributed by atoms with Crippen LogP contribution in [0.1, 0.15) is 24.1 Å². The number of hydrogen-bond donors (Lipinski definition) is 1. The lowest BCUT2D eigenvalue weighted by atomic mass is 10.0. The first-order valence-electron chi connectivity index (χ1n) is 9.94. The van der Waals surface area contributed by atoms with Crippen molar-refractivity contribution >= 4 is 22.7 Å². The van der Waals surface area contributed by atoms with Gasteiger partial charge in [0.2, 0.25) is 0 Å². The van der Waals surface area contributed by atoms with Crippen LogP contribution >= 0.6 is 0 Å². The normalized spacial score (nSPS) is 15.0. The second-order valence-corrected chi connectivity index (χ2v) is 7.44. The first kappa shape index (κ1) is 18.5. The van der Waals surface area contributed by atoms with Gasteiger partial charge in [0.05, 0.1) is 5.52 Å². The van der Waals surface area contributed by atoms with Crippen molar-refractivity contribution in [2.75, 3.05) is 32.0 Å². The third kappa shape index (κ3) is 4.52. The largest absolute Gasteiger partial charge is 0.492 e. The van der Waals surface area contributed by atoms with Crippen LogP contribution in [0.4, 0.5) is 5.69 Å². The fourth-order valence-electron chi connectivity index (χ4n) is 3.73. The van der Waals surface area contributed by atoms with Crippen molar-refractivity contribution in [2.24, 2.45) is 0 Å². The number of pyridine rings is 1. The first-order chi connectivity index (χ1) is 13.7. The number of benzene rings is 2. The van der Waals surface area contributed by atoms with Gasteiger partial charge in [0.1, 0.15) is 12.4 Å². The zero-order valence-corrected chi connectivity index (χ0v) is 16.4. The molecule has 0 amide bonds. The molecule has 2 N–H and O–H groups in total. The highest BCUT2D eigenvalue weighted by atomic mass is 16.5. The summed E-state index contributed by atoms with van der Waals surface area (Å²) in [4.78, 5) is 7.05. The SMILES string of the molecule is Cc1ccc2c(OCCN3CCC(=Cc4cccc(N)c4)CC3)cccc2n1. The Balaban J connectivity index is 1.29. The minimum Gasteiger partial charge on any atom is -0.492 e. The topological polar surface area (TPSA) is 51.4 Å². The maximum Gasteiger partial charge on any atom is 0.128 e. The van der Waals surface area contributed by atoms with E-state index in [0.717, 1.165) is 60.5 Å². The number of ether oxygens (including phenoxy) is 1. The van der Waals surface area contributed by atoms with Crippen LogP contribution < -0.4 is 10.5 Å². The van der Waals surface area contributed by atoms with E-state index >= 15 is 0 Å². The molecule has 0 spiro atoms. The van der Waals surface area contributed by atoms with E-state index in [9.17, 15) is 0 Å². The number of rotatable bonds is 5. The lowest BCUT2D eigenvalue weighted by Gasteiger charge is -2.28. The van der Waals surface area contributed by atoms with Gasteiger partial charge in [-0.15, -0.1) is 0 Å². The molecule has 4 nitrogen and oxygen atoms in total. The van der Waals surface area contributed by atoms with Crippen molar-refractivity contribution in [1.29, 1.82) is 0 Å². The molecule has 144 valence electrons. The van der Waals surface area contributed by atoms with Gasteiger partial charge in [-0.25, -0.2) is 0 Å². The molecule has 28 heavy (non-hydrogen) atoms. The quantitative estimate of drug-likeness (QED) is 0.660. The van der Waals surface area contributed by atoms with Crippen molar-refractivity contribution in [3.8, 4) is 5.75 Å². The van der Waals surface area contributed by atoms with E-state index in [1.54, 1.807) is 0 Å². The van der Waals surface area contributed by atoms with Gasteiger partial charge < -0.3 is 10.5 Å². The Labute approximate surface area is 166 Å². The van der Waals surface area contributed by atoms with Gasteiger partial charge in [0.25, 0.3) is 0 Å². The van der Waals surface area contributed by atoms with E-state index in [1.807, 2.05) is 49.4 Å². The molecule has 0 aliphatic carbocycles. The number of nitrogen functional groups attached to an aromatic ring is 1. The van der Waals surface area contributed by atoms with Gasteiger partial charge in [-0.05, 0) is 61.7 Å². The highest BCUT2D eigenvalue weighted by Gasteiger charge is 2.14. The summed E-state index contributed by atoms with van der Waals surface area (Å²) in [5, 5.41) is 1.08. The summed E-state index contributed by atoms with van der Waals surface area (Å²) in [7, 11) is 0. The van der Waals surface area contributed by atoms with Gasteiger partial charge in [0, 0.05) is 36.4 Å². The Bertz CT molecular complexity index is 986. The molecule has 0 atom stereocenters. The fraction of sp³-hybridized carbons (Fsp3) is 0.292. The van der Waals surface area contributed by atoms with Crippen LogP contribution in [-0.4, -0.2) is 36.1 Å². The summed E-state index contributed by atoms with van der Waals surface area (Å²) in [5.41, 5.74) is 11.4. The summed E-state index contributed by atoms with van der Waals surface area (Å²) < 4.78 is 6.09. The molecule has 4 rings (SSSR count). The predicted molar refractivity (Wildman–Crippen MR) is 116 cm³/mol. The van der Waals surface area contributed by atoms with Crippen LogP contribution in [0.25, 0.3) is 17.0 Å². The zero-order valence-electron chi connectivity index (χ0n) is 16.4. The molecule has 4 heteroatoms. The van der Waals surface area contributed by atoms with Crippen LogP contribution in [0, 0.1) is 6.92 Å². The Morgan fingerprint density at radius 3 is 2.71 bits per heavy atom. The van der Waals surface area contributed by atoms with E-state index in [-0.39, 0.29) is 0 Å². The second-order valence-electron chi connectivity index (χ2n) is 7.44. The summed E-state index contributed by atoms with van der Waals surface area (Å²) in [6, 6.07) is 18.3. The molecular formula is C24H27N3O.